The highest BCUT2D eigenvalue weighted by atomic mass is 35.5. The van der Waals surface area contributed by atoms with E-state index in [0.29, 0.717) is 12.2 Å². The molecule has 34 heavy (non-hydrogen) atoms. The lowest BCUT2D eigenvalue weighted by molar-refractivity contribution is 0.102. The summed E-state index contributed by atoms with van der Waals surface area (Å²) in [6.07, 6.45) is 2.12. The Morgan fingerprint density at radius 2 is 1.65 bits per heavy atom. The van der Waals surface area contributed by atoms with Gasteiger partial charge in [-0.05, 0) is 66.6 Å². The molecule has 0 saturated carbocycles. The SMILES string of the molecule is CCCCOc1ccc(C(=O)Nc2ccc(N3CCN(Cc4ccccc4Cl)CC3)cc2)cc1. The van der Waals surface area contributed by atoms with E-state index in [1.165, 1.54) is 11.3 Å². The largest absolute Gasteiger partial charge is 0.494 e. The summed E-state index contributed by atoms with van der Waals surface area (Å²) in [5.41, 5.74) is 3.75. The molecule has 4 rings (SSSR count). The molecule has 1 saturated heterocycles. The fourth-order valence-electron chi connectivity index (χ4n) is 4.03. The molecule has 0 unspecified atom stereocenters. The van der Waals surface area contributed by atoms with Crippen molar-refractivity contribution in [1.82, 2.24) is 4.90 Å². The van der Waals surface area contributed by atoms with Gasteiger partial charge >= 0.3 is 0 Å². The van der Waals surface area contributed by atoms with Gasteiger partial charge in [-0.1, -0.05) is 43.1 Å². The normalized spacial score (nSPS) is 14.1. The number of hydrogen-bond donors (Lipinski definition) is 1. The molecule has 0 bridgehead atoms. The third-order valence-corrected chi connectivity index (χ3v) is 6.47. The summed E-state index contributed by atoms with van der Waals surface area (Å²) >= 11 is 6.32. The van der Waals surface area contributed by atoms with E-state index in [1.807, 2.05) is 42.5 Å². The van der Waals surface area contributed by atoms with Crippen LogP contribution in [-0.4, -0.2) is 43.6 Å². The van der Waals surface area contributed by atoms with E-state index in [9.17, 15) is 4.79 Å². The van der Waals surface area contributed by atoms with Crippen LogP contribution >= 0.6 is 11.6 Å². The summed E-state index contributed by atoms with van der Waals surface area (Å²) in [7, 11) is 0. The minimum atomic E-state index is -0.124. The predicted octanol–water partition coefficient (Wildman–Crippen LogP) is 6.09. The number of rotatable bonds is 9. The third kappa shape index (κ3) is 6.52. The number of benzene rings is 3. The van der Waals surface area contributed by atoms with Crippen LogP contribution in [0.2, 0.25) is 5.02 Å². The molecule has 3 aromatic rings. The zero-order valence-electron chi connectivity index (χ0n) is 19.7. The maximum absolute atomic E-state index is 12.6. The maximum atomic E-state index is 12.6. The smallest absolute Gasteiger partial charge is 0.255 e. The molecule has 0 atom stereocenters. The number of hydrogen-bond acceptors (Lipinski definition) is 4. The number of carbonyl (C=O) groups excluding carboxylic acids is 1. The van der Waals surface area contributed by atoms with Gasteiger partial charge in [-0.25, -0.2) is 0 Å². The van der Waals surface area contributed by atoms with E-state index in [2.05, 4.69) is 40.2 Å². The molecule has 0 aliphatic carbocycles. The molecule has 1 aliphatic heterocycles. The molecule has 0 aromatic heterocycles. The Balaban J connectivity index is 1.26. The van der Waals surface area contributed by atoms with Gasteiger partial charge in [0.15, 0.2) is 0 Å². The van der Waals surface area contributed by atoms with E-state index < -0.39 is 0 Å². The summed E-state index contributed by atoms with van der Waals surface area (Å²) in [4.78, 5) is 17.4. The van der Waals surface area contributed by atoms with Crippen molar-refractivity contribution in [1.29, 1.82) is 0 Å². The van der Waals surface area contributed by atoms with E-state index >= 15 is 0 Å². The second-order valence-electron chi connectivity index (χ2n) is 8.58. The van der Waals surface area contributed by atoms with Crippen molar-refractivity contribution in [3.8, 4) is 5.75 Å². The minimum Gasteiger partial charge on any atom is -0.494 e. The second-order valence-corrected chi connectivity index (χ2v) is 8.99. The van der Waals surface area contributed by atoms with Crippen LogP contribution in [0.4, 0.5) is 11.4 Å². The number of carbonyl (C=O) groups is 1. The van der Waals surface area contributed by atoms with Crippen LogP contribution in [0.1, 0.15) is 35.7 Å². The number of ether oxygens (including phenoxy) is 1. The summed E-state index contributed by atoms with van der Waals surface area (Å²) in [6.45, 7) is 7.61. The maximum Gasteiger partial charge on any atom is 0.255 e. The molecular formula is C28H32ClN3O2. The lowest BCUT2D eigenvalue weighted by atomic mass is 10.1. The topological polar surface area (TPSA) is 44.8 Å². The first kappa shape index (κ1) is 24.1. The summed E-state index contributed by atoms with van der Waals surface area (Å²) < 4.78 is 5.67. The van der Waals surface area contributed by atoms with Crippen molar-refractivity contribution in [2.24, 2.45) is 0 Å². The van der Waals surface area contributed by atoms with Crippen LogP contribution in [0.15, 0.2) is 72.8 Å². The van der Waals surface area contributed by atoms with E-state index in [0.717, 1.165) is 62.0 Å². The van der Waals surface area contributed by atoms with Gasteiger partial charge in [0.2, 0.25) is 0 Å². The Labute approximate surface area is 207 Å². The van der Waals surface area contributed by atoms with Crippen molar-refractivity contribution in [3.05, 3.63) is 88.9 Å². The molecule has 1 amide bonds. The average Bonchev–Trinajstić information content (AvgIpc) is 2.87. The van der Waals surface area contributed by atoms with Crippen LogP contribution in [-0.2, 0) is 6.54 Å². The number of piperazine rings is 1. The number of halogens is 1. The fraction of sp³-hybridized carbons (Fsp3) is 0.321. The van der Waals surface area contributed by atoms with Gasteiger partial charge in [-0.2, -0.15) is 0 Å². The molecule has 5 nitrogen and oxygen atoms in total. The molecule has 0 radical (unpaired) electrons. The van der Waals surface area contributed by atoms with Crippen LogP contribution < -0.4 is 15.0 Å². The van der Waals surface area contributed by atoms with Crippen molar-refractivity contribution in [2.75, 3.05) is 43.0 Å². The first-order chi connectivity index (χ1) is 16.6. The number of nitrogens with zero attached hydrogens (tertiary/aromatic N) is 2. The van der Waals surface area contributed by atoms with Crippen molar-refractivity contribution in [3.63, 3.8) is 0 Å². The Morgan fingerprint density at radius 3 is 2.32 bits per heavy atom. The molecule has 3 aromatic carbocycles. The number of nitrogens with one attached hydrogen (secondary N) is 1. The molecule has 1 aliphatic rings. The number of unbranched alkanes of at least 4 members (excludes halogenated alkanes) is 1. The van der Waals surface area contributed by atoms with E-state index in [-0.39, 0.29) is 5.91 Å². The fourth-order valence-corrected chi connectivity index (χ4v) is 4.22. The van der Waals surface area contributed by atoms with Gasteiger partial charge in [0.1, 0.15) is 5.75 Å². The van der Waals surface area contributed by atoms with E-state index in [1.54, 1.807) is 12.1 Å². The quantitative estimate of drug-likeness (QED) is 0.378. The summed E-state index contributed by atoms with van der Waals surface area (Å²) in [5.74, 6) is 0.669. The van der Waals surface area contributed by atoms with Crippen molar-refractivity contribution in [2.45, 2.75) is 26.3 Å². The van der Waals surface area contributed by atoms with E-state index in [4.69, 9.17) is 16.3 Å². The second kappa shape index (κ2) is 11.9. The minimum absolute atomic E-state index is 0.124. The monoisotopic (exact) mass is 477 g/mol. The summed E-state index contributed by atoms with van der Waals surface area (Å²) in [6, 6.07) is 23.4. The number of amides is 1. The standard InChI is InChI=1S/C28H32ClN3O2/c1-2-3-20-34-26-14-8-22(9-15-26)28(33)30-24-10-12-25(13-11-24)32-18-16-31(17-19-32)21-23-6-4-5-7-27(23)29/h4-15H,2-3,16-21H2,1H3,(H,30,33). The van der Waals surface area contributed by atoms with Crippen LogP contribution in [0.3, 0.4) is 0 Å². The van der Waals surface area contributed by atoms with Crippen molar-refractivity contribution < 1.29 is 9.53 Å². The highest BCUT2D eigenvalue weighted by Gasteiger charge is 2.18. The zero-order valence-corrected chi connectivity index (χ0v) is 20.4. The average molecular weight is 478 g/mol. The third-order valence-electron chi connectivity index (χ3n) is 6.10. The lowest BCUT2D eigenvalue weighted by Crippen LogP contribution is -2.46. The van der Waals surface area contributed by atoms with Gasteiger partial charge in [-0.3, -0.25) is 9.69 Å². The van der Waals surface area contributed by atoms with Gasteiger partial charge in [0, 0.05) is 54.7 Å². The Kier molecular flexibility index (Phi) is 8.45. The molecule has 178 valence electrons. The molecule has 1 fully saturated rings. The Bertz CT molecular complexity index is 1060. The van der Waals surface area contributed by atoms with Gasteiger partial charge in [0.25, 0.3) is 5.91 Å². The predicted molar refractivity (Wildman–Crippen MR) is 140 cm³/mol. The van der Waals surface area contributed by atoms with Gasteiger partial charge in [-0.15, -0.1) is 0 Å². The van der Waals surface area contributed by atoms with Gasteiger partial charge < -0.3 is 15.0 Å². The first-order valence-electron chi connectivity index (χ1n) is 12.0. The number of anilines is 2. The van der Waals surface area contributed by atoms with Crippen LogP contribution in [0.5, 0.6) is 5.75 Å². The Hall–Kier alpha value is -3.02. The molecule has 0 spiro atoms. The zero-order chi connectivity index (χ0) is 23.8. The molecule has 1 heterocycles. The molecular weight excluding hydrogens is 446 g/mol. The first-order valence-corrected chi connectivity index (χ1v) is 12.3. The van der Waals surface area contributed by atoms with Crippen molar-refractivity contribution >= 4 is 28.9 Å². The molecule has 1 N–H and O–H groups in total. The highest BCUT2D eigenvalue weighted by Crippen LogP contribution is 2.22. The molecule has 6 heteroatoms. The van der Waals surface area contributed by atoms with Crippen LogP contribution in [0, 0.1) is 0 Å². The van der Waals surface area contributed by atoms with Crippen LogP contribution in [0.25, 0.3) is 0 Å². The highest BCUT2D eigenvalue weighted by molar-refractivity contribution is 6.31. The summed E-state index contributed by atoms with van der Waals surface area (Å²) in [5, 5.41) is 3.81. The van der Waals surface area contributed by atoms with Gasteiger partial charge in [0.05, 0.1) is 6.61 Å². The lowest BCUT2D eigenvalue weighted by Gasteiger charge is -2.36. The Morgan fingerprint density at radius 1 is 0.941 bits per heavy atom.